The van der Waals surface area contributed by atoms with Crippen LogP contribution in [0.25, 0.3) is 10.2 Å². The first kappa shape index (κ1) is 25.3. The van der Waals surface area contributed by atoms with Gasteiger partial charge in [0.05, 0.1) is 36.1 Å². The van der Waals surface area contributed by atoms with E-state index in [1.165, 1.54) is 22.2 Å². The van der Waals surface area contributed by atoms with Crippen molar-refractivity contribution >= 4 is 39.2 Å². The highest BCUT2D eigenvalue weighted by Gasteiger charge is 2.25. The number of fused-ring (bicyclic) bond motifs is 3. The van der Waals surface area contributed by atoms with E-state index in [0.29, 0.717) is 36.6 Å². The summed E-state index contributed by atoms with van der Waals surface area (Å²) in [4.78, 5) is 34.9. The van der Waals surface area contributed by atoms with E-state index in [-0.39, 0.29) is 30.1 Å². The van der Waals surface area contributed by atoms with E-state index < -0.39 is 0 Å². The smallest absolute Gasteiger partial charge is 0.263 e. The SMILES string of the molecule is CC(C)CCn1c(SCC(=O)N(CCC#N)CCC#N)nc2sc3c(c2c1=O)CCC(C)C3. The molecule has 0 bridgehead atoms. The van der Waals surface area contributed by atoms with Crippen LogP contribution in [0.15, 0.2) is 9.95 Å². The van der Waals surface area contributed by atoms with Gasteiger partial charge in [0.2, 0.25) is 5.91 Å². The molecule has 3 rings (SSSR count). The second-order valence-electron chi connectivity index (χ2n) is 9.05. The monoisotopic (exact) mass is 485 g/mol. The summed E-state index contributed by atoms with van der Waals surface area (Å²) in [5.74, 6) is 1.04. The van der Waals surface area contributed by atoms with Crippen LogP contribution in [0.4, 0.5) is 0 Å². The van der Waals surface area contributed by atoms with E-state index in [2.05, 4.69) is 32.9 Å². The third-order valence-electron chi connectivity index (χ3n) is 5.97. The van der Waals surface area contributed by atoms with Crippen molar-refractivity contribution in [2.24, 2.45) is 11.8 Å². The van der Waals surface area contributed by atoms with E-state index in [4.69, 9.17) is 15.5 Å². The molecule has 1 aliphatic rings. The summed E-state index contributed by atoms with van der Waals surface area (Å²) in [6.45, 7) is 7.69. The van der Waals surface area contributed by atoms with Crippen molar-refractivity contribution in [1.29, 1.82) is 10.5 Å². The molecule has 7 nitrogen and oxygen atoms in total. The van der Waals surface area contributed by atoms with Gasteiger partial charge >= 0.3 is 0 Å². The van der Waals surface area contributed by atoms with Crippen molar-refractivity contribution in [2.45, 2.75) is 71.0 Å². The van der Waals surface area contributed by atoms with Crippen LogP contribution in [0.1, 0.15) is 56.9 Å². The van der Waals surface area contributed by atoms with Gasteiger partial charge in [-0.3, -0.25) is 14.2 Å². The lowest BCUT2D eigenvalue weighted by Crippen LogP contribution is -2.34. The van der Waals surface area contributed by atoms with Crippen molar-refractivity contribution in [3.05, 3.63) is 20.8 Å². The van der Waals surface area contributed by atoms with Gasteiger partial charge in [0.15, 0.2) is 5.16 Å². The first-order valence-corrected chi connectivity index (χ1v) is 13.3. The van der Waals surface area contributed by atoms with Gasteiger partial charge in [0, 0.05) is 24.5 Å². The highest BCUT2D eigenvalue weighted by molar-refractivity contribution is 7.99. The molecule has 0 saturated carbocycles. The minimum atomic E-state index is -0.144. The molecule has 176 valence electrons. The number of nitriles is 2. The second kappa shape index (κ2) is 11.7. The molecule has 33 heavy (non-hydrogen) atoms. The highest BCUT2D eigenvalue weighted by atomic mass is 32.2. The molecule has 0 N–H and O–H groups in total. The molecule has 2 heterocycles. The van der Waals surface area contributed by atoms with Gasteiger partial charge < -0.3 is 4.90 Å². The number of nitrogens with zero attached hydrogens (tertiary/aromatic N) is 5. The summed E-state index contributed by atoms with van der Waals surface area (Å²) < 4.78 is 1.75. The third-order valence-corrected chi connectivity index (χ3v) is 8.08. The zero-order valence-electron chi connectivity index (χ0n) is 19.6. The van der Waals surface area contributed by atoms with Crippen LogP contribution in [0.3, 0.4) is 0 Å². The zero-order valence-corrected chi connectivity index (χ0v) is 21.2. The normalized spacial score (nSPS) is 15.3. The van der Waals surface area contributed by atoms with Crippen LogP contribution in [-0.4, -0.2) is 39.2 Å². The number of thiophene rings is 1. The van der Waals surface area contributed by atoms with Crippen molar-refractivity contribution in [1.82, 2.24) is 14.5 Å². The van der Waals surface area contributed by atoms with Crippen molar-refractivity contribution in [3.8, 4) is 12.1 Å². The number of carbonyl (C=O) groups excluding carboxylic acids is 1. The van der Waals surface area contributed by atoms with Crippen molar-refractivity contribution in [2.75, 3.05) is 18.8 Å². The Morgan fingerprint density at radius 3 is 2.64 bits per heavy atom. The molecule has 2 aromatic heterocycles. The summed E-state index contributed by atoms with van der Waals surface area (Å²) in [6, 6.07) is 4.11. The lowest BCUT2D eigenvalue weighted by atomic mass is 9.89. The predicted octanol–water partition coefficient (Wildman–Crippen LogP) is 4.38. The lowest BCUT2D eigenvalue weighted by molar-refractivity contribution is -0.128. The van der Waals surface area contributed by atoms with E-state index >= 15 is 0 Å². The Morgan fingerprint density at radius 2 is 2.00 bits per heavy atom. The van der Waals surface area contributed by atoms with Crippen LogP contribution >= 0.6 is 23.1 Å². The molecule has 0 aliphatic heterocycles. The van der Waals surface area contributed by atoms with Crippen LogP contribution < -0.4 is 5.56 Å². The van der Waals surface area contributed by atoms with Gasteiger partial charge in [-0.15, -0.1) is 11.3 Å². The summed E-state index contributed by atoms with van der Waals surface area (Å²) in [7, 11) is 0. The largest absolute Gasteiger partial charge is 0.340 e. The number of carbonyl (C=O) groups is 1. The molecule has 1 aliphatic carbocycles. The topological polar surface area (TPSA) is 103 Å². The molecule has 9 heteroatoms. The molecule has 0 spiro atoms. The van der Waals surface area contributed by atoms with Gasteiger partial charge in [-0.25, -0.2) is 4.98 Å². The minimum absolute atomic E-state index is 0.00784. The van der Waals surface area contributed by atoms with Gasteiger partial charge in [-0.2, -0.15) is 10.5 Å². The third kappa shape index (κ3) is 6.16. The zero-order chi connectivity index (χ0) is 24.0. The number of aromatic nitrogens is 2. The van der Waals surface area contributed by atoms with E-state index in [1.54, 1.807) is 20.8 Å². The maximum Gasteiger partial charge on any atom is 0.263 e. The van der Waals surface area contributed by atoms with Gasteiger partial charge in [-0.05, 0) is 43.1 Å². The number of rotatable bonds is 10. The summed E-state index contributed by atoms with van der Waals surface area (Å²) in [6.07, 6.45) is 4.32. The number of aryl methyl sites for hydroxylation is 1. The van der Waals surface area contributed by atoms with Crippen LogP contribution in [0.5, 0.6) is 0 Å². The van der Waals surface area contributed by atoms with Crippen molar-refractivity contribution < 1.29 is 4.79 Å². The Morgan fingerprint density at radius 1 is 1.30 bits per heavy atom. The van der Waals surface area contributed by atoms with E-state index in [9.17, 15) is 9.59 Å². The maximum absolute atomic E-state index is 13.6. The van der Waals surface area contributed by atoms with Crippen molar-refractivity contribution in [3.63, 3.8) is 0 Å². The molecule has 0 aromatic carbocycles. The number of hydrogen-bond acceptors (Lipinski definition) is 7. The first-order valence-electron chi connectivity index (χ1n) is 11.5. The second-order valence-corrected chi connectivity index (χ2v) is 11.1. The maximum atomic E-state index is 13.6. The lowest BCUT2D eigenvalue weighted by Gasteiger charge is -2.20. The summed E-state index contributed by atoms with van der Waals surface area (Å²) >= 11 is 2.90. The molecule has 1 amide bonds. The fourth-order valence-electron chi connectivity index (χ4n) is 4.05. The average molecular weight is 486 g/mol. The summed E-state index contributed by atoms with van der Waals surface area (Å²) in [5.41, 5.74) is 1.18. The average Bonchev–Trinajstić information content (AvgIpc) is 3.14. The molecule has 0 fully saturated rings. The van der Waals surface area contributed by atoms with Crippen LogP contribution in [0, 0.1) is 34.5 Å². The quantitative estimate of drug-likeness (QED) is 0.365. The van der Waals surface area contributed by atoms with E-state index in [1.807, 2.05) is 0 Å². The fraction of sp³-hybridized carbons (Fsp3) is 0.625. The van der Waals surface area contributed by atoms with Gasteiger partial charge in [0.1, 0.15) is 4.83 Å². The standard InChI is InChI=1S/C24H31N5O2S2/c1-16(2)8-13-29-23(31)21-18-7-6-17(3)14-19(18)33-22(21)27-24(29)32-15-20(30)28(11-4-9-25)12-5-10-26/h16-17H,4-8,11-15H2,1-3H3. The predicted molar refractivity (Wildman–Crippen MR) is 132 cm³/mol. The van der Waals surface area contributed by atoms with Gasteiger partial charge in [-0.1, -0.05) is 32.5 Å². The van der Waals surface area contributed by atoms with E-state index in [0.717, 1.165) is 35.9 Å². The number of amides is 1. The Kier molecular flexibility index (Phi) is 8.94. The first-order chi connectivity index (χ1) is 15.8. The summed E-state index contributed by atoms with van der Waals surface area (Å²) in [5, 5.41) is 19.1. The Hall–Kier alpha value is -2.36. The molecule has 0 saturated heterocycles. The minimum Gasteiger partial charge on any atom is -0.340 e. The molecule has 2 aromatic rings. The van der Waals surface area contributed by atoms with Crippen LogP contribution in [0.2, 0.25) is 0 Å². The molecular weight excluding hydrogens is 454 g/mol. The number of hydrogen-bond donors (Lipinski definition) is 0. The highest BCUT2D eigenvalue weighted by Crippen LogP contribution is 2.36. The van der Waals surface area contributed by atoms with Crippen LogP contribution in [-0.2, 0) is 24.2 Å². The number of thioether (sulfide) groups is 1. The fourth-order valence-corrected chi connectivity index (χ4v) is 6.40. The van der Waals surface area contributed by atoms with Gasteiger partial charge in [0.25, 0.3) is 5.56 Å². The molecule has 0 radical (unpaired) electrons. The Labute approximate surface area is 203 Å². The Balaban J connectivity index is 1.91. The molecule has 1 unspecified atom stereocenters. The molecule has 1 atom stereocenters. The Bertz CT molecular complexity index is 1120. The molecular formula is C24H31N5O2S2.